The molecule has 1 aromatic heterocycles. The third-order valence-electron chi connectivity index (χ3n) is 6.09. The number of nitrogens with zero attached hydrogens (tertiary/aromatic N) is 3. The van der Waals surface area contributed by atoms with E-state index in [1.54, 1.807) is 37.1 Å². The number of anilines is 1. The highest BCUT2D eigenvalue weighted by Gasteiger charge is 2.36. The first-order chi connectivity index (χ1) is 17.0. The zero-order valence-electron chi connectivity index (χ0n) is 19.1. The number of carbonyl (C=O) groups is 1. The first-order valence-corrected chi connectivity index (χ1v) is 10.9. The molecule has 0 saturated carbocycles. The van der Waals surface area contributed by atoms with Gasteiger partial charge in [0.05, 0.1) is 30.5 Å². The average Bonchev–Trinajstić information content (AvgIpc) is 3.27. The molecule has 0 radical (unpaired) electrons. The van der Waals surface area contributed by atoms with Crippen LogP contribution in [0.3, 0.4) is 0 Å². The second-order valence-corrected chi connectivity index (χ2v) is 8.07. The van der Waals surface area contributed by atoms with E-state index in [0.717, 1.165) is 16.7 Å². The first-order valence-electron chi connectivity index (χ1n) is 10.9. The minimum absolute atomic E-state index is 0.0251. The predicted molar refractivity (Wildman–Crippen MR) is 130 cm³/mol. The van der Waals surface area contributed by atoms with E-state index in [1.807, 2.05) is 42.5 Å². The topological polar surface area (TPSA) is 109 Å². The number of carbonyl (C=O) groups excluding carboxylic acids is 1. The van der Waals surface area contributed by atoms with Crippen LogP contribution in [0.2, 0.25) is 0 Å². The van der Waals surface area contributed by atoms with Crippen LogP contribution in [0.4, 0.5) is 11.5 Å². The van der Waals surface area contributed by atoms with Crippen LogP contribution >= 0.6 is 0 Å². The SMILES string of the molecule is COc1ccc(C2CC(=O)Nc3c2c(-c2ccccc2)nn3-c2ccc([N+](=O)[O-])cc2)c(OC)c1. The minimum atomic E-state index is -0.453. The molecular formula is C26H22N4O5. The number of nitro benzene ring substituents is 1. The molecule has 1 aliphatic rings. The number of rotatable bonds is 6. The summed E-state index contributed by atoms with van der Waals surface area (Å²) in [6.45, 7) is 0. The maximum absolute atomic E-state index is 12.9. The lowest BCUT2D eigenvalue weighted by molar-refractivity contribution is -0.384. The third kappa shape index (κ3) is 3.97. The van der Waals surface area contributed by atoms with Gasteiger partial charge in [0, 0.05) is 47.2 Å². The third-order valence-corrected chi connectivity index (χ3v) is 6.09. The van der Waals surface area contributed by atoms with E-state index in [4.69, 9.17) is 14.6 Å². The molecule has 1 N–H and O–H groups in total. The van der Waals surface area contributed by atoms with Crippen molar-refractivity contribution in [2.45, 2.75) is 12.3 Å². The molecule has 1 unspecified atom stereocenters. The van der Waals surface area contributed by atoms with Gasteiger partial charge in [-0.05, 0) is 18.2 Å². The summed E-state index contributed by atoms with van der Waals surface area (Å²) in [5, 5.41) is 19.0. The van der Waals surface area contributed by atoms with Crippen LogP contribution in [0.25, 0.3) is 16.9 Å². The van der Waals surface area contributed by atoms with E-state index in [9.17, 15) is 14.9 Å². The number of ether oxygens (including phenoxy) is 2. The Morgan fingerprint density at radius 1 is 1.03 bits per heavy atom. The van der Waals surface area contributed by atoms with Crippen LogP contribution < -0.4 is 14.8 Å². The lowest BCUT2D eigenvalue weighted by Gasteiger charge is -2.26. The van der Waals surface area contributed by atoms with E-state index >= 15 is 0 Å². The summed E-state index contributed by atoms with van der Waals surface area (Å²) in [7, 11) is 3.17. The summed E-state index contributed by atoms with van der Waals surface area (Å²) in [4.78, 5) is 23.6. The maximum Gasteiger partial charge on any atom is 0.269 e. The smallest absolute Gasteiger partial charge is 0.269 e. The second kappa shape index (κ2) is 8.94. The summed E-state index contributed by atoms with van der Waals surface area (Å²) in [6, 6.07) is 21.3. The Bertz CT molecular complexity index is 1410. The van der Waals surface area contributed by atoms with Crippen molar-refractivity contribution in [2.24, 2.45) is 0 Å². The second-order valence-electron chi connectivity index (χ2n) is 8.07. The number of nitro groups is 1. The number of nitrogens with one attached hydrogen (secondary N) is 1. The highest BCUT2D eigenvalue weighted by Crippen LogP contribution is 2.46. The molecule has 0 bridgehead atoms. The fraction of sp³-hybridized carbons (Fsp3) is 0.154. The number of non-ortho nitro benzene ring substituents is 1. The molecule has 1 atom stereocenters. The van der Waals surface area contributed by atoms with Crippen molar-refractivity contribution in [3.8, 4) is 28.4 Å². The summed E-state index contributed by atoms with van der Waals surface area (Å²) < 4.78 is 12.6. The van der Waals surface area contributed by atoms with Gasteiger partial charge in [-0.3, -0.25) is 14.9 Å². The summed E-state index contributed by atoms with van der Waals surface area (Å²) in [5.74, 6) is 1.29. The van der Waals surface area contributed by atoms with Gasteiger partial charge in [-0.15, -0.1) is 0 Å². The molecule has 0 saturated heterocycles. The van der Waals surface area contributed by atoms with Crippen LogP contribution in [0.1, 0.15) is 23.5 Å². The van der Waals surface area contributed by atoms with Gasteiger partial charge in [0.25, 0.3) is 5.69 Å². The van der Waals surface area contributed by atoms with Crippen LogP contribution in [0.5, 0.6) is 11.5 Å². The Balaban J connectivity index is 1.74. The van der Waals surface area contributed by atoms with Crippen molar-refractivity contribution in [1.29, 1.82) is 0 Å². The van der Waals surface area contributed by atoms with Gasteiger partial charge in [0.15, 0.2) is 0 Å². The lowest BCUT2D eigenvalue weighted by atomic mass is 9.84. The van der Waals surface area contributed by atoms with Crippen molar-refractivity contribution in [3.05, 3.63) is 94.0 Å². The number of methoxy groups -OCH3 is 2. The van der Waals surface area contributed by atoms with Gasteiger partial charge in [-0.25, -0.2) is 4.68 Å². The minimum Gasteiger partial charge on any atom is -0.497 e. The molecule has 35 heavy (non-hydrogen) atoms. The van der Waals surface area contributed by atoms with Gasteiger partial charge in [-0.2, -0.15) is 5.10 Å². The Kier molecular flexibility index (Phi) is 5.66. The van der Waals surface area contributed by atoms with Crippen molar-refractivity contribution >= 4 is 17.4 Å². The van der Waals surface area contributed by atoms with Crippen LogP contribution in [-0.4, -0.2) is 34.8 Å². The number of hydrogen-bond donors (Lipinski definition) is 1. The maximum atomic E-state index is 12.9. The number of fused-ring (bicyclic) bond motifs is 1. The lowest BCUT2D eigenvalue weighted by Crippen LogP contribution is -2.25. The Hall–Kier alpha value is -4.66. The van der Waals surface area contributed by atoms with E-state index in [1.165, 1.54) is 12.1 Å². The number of benzene rings is 3. The van der Waals surface area contributed by atoms with Gasteiger partial charge in [0.2, 0.25) is 5.91 Å². The Labute approximate surface area is 201 Å². The summed E-state index contributed by atoms with van der Waals surface area (Å²) >= 11 is 0. The highest BCUT2D eigenvalue weighted by atomic mass is 16.6. The van der Waals surface area contributed by atoms with Crippen molar-refractivity contribution in [2.75, 3.05) is 19.5 Å². The summed E-state index contributed by atoms with van der Waals surface area (Å²) in [5.41, 5.74) is 3.85. The Morgan fingerprint density at radius 3 is 2.43 bits per heavy atom. The molecule has 1 aliphatic heterocycles. The molecule has 0 aliphatic carbocycles. The largest absolute Gasteiger partial charge is 0.497 e. The molecule has 3 aromatic carbocycles. The molecule has 2 heterocycles. The zero-order chi connectivity index (χ0) is 24.5. The van der Waals surface area contributed by atoms with Gasteiger partial charge in [-0.1, -0.05) is 36.4 Å². The highest BCUT2D eigenvalue weighted by molar-refractivity contribution is 5.97. The number of aromatic nitrogens is 2. The van der Waals surface area contributed by atoms with Crippen molar-refractivity contribution in [1.82, 2.24) is 9.78 Å². The van der Waals surface area contributed by atoms with E-state index in [2.05, 4.69) is 5.32 Å². The van der Waals surface area contributed by atoms with Crippen LogP contribution in [0.15, 0.2) is 72.8 Å². The monoisotopic (exact) mass is 470 g/mol. The van der Waals surface area contributed by atoms with Crippen LogP contribution in [0, 0.1) is 10.1 Å². The van der Waals surface area contributed by atoms with Crippen LogP contribution in [-0.2, 0) is 4.79 Å². The zero-order valence-corrected chi connectivity index (χ0v) is 19.1. The fourth-order valence-corrected chi connectivity index (χ4v) is 4.43. The summed E-state index contributed by atoms with van der Waals surface area (Å²) in [6.07, 6.45) is 0.210. The predicted octanol–water partition coefficient (Wildman–Crippen LogP) is 4.94. The molecule has 5 rings (SSSR count). The first kappa shape index (κ1) is 22.1. The Morgan fingerprint density at radius 2 is 1.77 bits per heavy atom. The molecule has 4 aromatic rings. The average molecular weight is 470 g/mol. The molecule has 9 nitrogen and oxygen atoms in total. The molecular weight excluding hydrogens is 448 g/mol. The van der Waals surface area contributed by atoms with Gasteiger partial charge >= 0.3 is 0 Å². The van der Waals surface area contributed by atoms with E-state index < -0.39 is 4.92 Å². The normalized spacial score (nSPS) is 14.7. The van der Waals surface area contributed by atoms with Crippen molar-refractivity contribution in [3.63, 3.8) is 0 Å². The molecule has 176 valence electrons. The molecule has 1 amide bonds. The van der Waals surface area contributed by atoms with E-state index in [-0.39, 0.29) is 23.9 Å². The standard InChI is InChI=1S/C26H22N4O5/c1-34-19-12-13-20(22(14-19)35-2)21-15-23(31)27-26-24(21)25(16-6-4-3-5-7-16)28-29(26)17-8-10-18(11-9-17)30(32)33/h3-14,21H,15H2,1-2H3,(H,27,31). The molecule has 0 spiro atoms. The number of hydrogen-bond acceptors (Lipinski definition) is 6. The quantitative estimate of drug-likeness (QED) is 0.316. The molecule has 0 fully saturated rings. The fourth-order valence-electron chi connectivity index (χ4n) is 4.43. The van der Waals surface area contributed by atoms with Gasteiger partial charge < -0.3 is 14.8 Å². The number of amides is 1. The van der Waals surface area contributed by atoms with E-state index in [0.29, 0.717) is 28.7 Å². The molecule has 9 heteroatoms. The van der Waals surface area contributed by atoms with Gasteiger partial charge in [0.1, 0.15) is 17.3 Å². The van der Waals surface area contributed by atoms with Crippen molar-refractivity contribution < 1.29 is 19.2 Å².